The zero-order valence-corrected chi connectivity index (χ0v) is 18.0. The highest BCUT2D eigenvalue weighted by Gasteiger charge is 2.46. The number of ether oxygens (including phenoxy) is 2. The van der Waals surface area contributed by atoms with E-state index in [1.807, 2.05) is 13.8 Å². The molecule has 1 aliphatic rings. The van der Waals surface area contributed by atoms with E-state index in [0.717, 1.165) is 4.90 Å². The van der Waals surface area contributed by atoms with E-state index in [4.69, 9.17) is 9.47 Å². The van der Waals surface area contributed by atoms with Gasteiger partial charge in [-0.1, -0.05) is 27.2 Å². The topological polar surface area (TPSA) is 72.9 Å². The normalized spacial score (nSPS) is 19.9. The Hall–Kier alpha value is -1.80. The van der Waals surface area contributed by atoms with Crippen LogP contribution in [0.5, 0.6) is 0 Å². The van der Waals surface area contributed by atoms with Crippen molar-refractivity contribution in [1.82, 2.24) is 4.90 Å². The van der Waals surface area contributed by atoms with Gasteiger partial charge in [-0.2, -0.15) is 13.2 Å². The third-order valence-corrected chi connectivity index (χ3v) is 4.76. The first-order chi connectivity index (χ1) is 13.2. The fourth-order valence-corrected chi connectivity index (χ4v) is 3.35. The summed E-state index contributed by atoms with van der Waals surface area (Å²) in [6, 6.07) is -0.517. The van der Waals surface area contributed by atoms with E-state index in [1.54, 1.807) is 27.7 Å². The SMILES string of the molecule is CCC[C@@H](C(=O)N1C(=O)OC[C@@H]1C(C)C)[C@@H](CCC(F)(F)F)C(=O)OC(C)(C)C. The van der Waals surface area contributed by atoms with Crippen molar-refractivity contribution >= 4 is 18.0 Å². The van der Waals surface area contributed by atoms with Gasteiger partial charge in [-0.05, 0) is 39.5 Å². The van der Waals surface area contributed by atoms with E-state index in [9.17, 15) is 27.6 Å². The fourth-order valence-electron chi connectivity index (χ4n) is 3.35. The number of imide groups is 1. The summed E-state index contributed by atoms with van der Waals surface area (Å²) in [7, 11) is 0. The zero-order valence-electron chi connectivity index (χ0n) is 18.0. The molecule has 0 saturated carbocycles. The minimum Gasteiger partial charge on any atom is -0.460 e. The maximum absolute atomic E-state index is 13.2. The zero-order chi connectivity index (χ0) is 22.6. The Labute approximate surface area is 170 Å². The van der Waals surface area contributed by atoms with Crippen LogP contribution in [-0.2, 0) is 19.1 Å². The molecule has 1 heterocycles. The van der Waals surface area contributed by atoms with Crippen molar-refractivity contribution in [3.05, 3.63) is 0 Å². The summed E-state index contributed by atoms with van der Waals surface area (Å²) in [5.74, 6) is -4.02. The highest BCUT2D eigenvalue weighted by Crippen LogP contribution is 2.34. The smallest absolute Gasteiger partial charge is 0.416 e. The Morgan fingerprint density at radius 1 is 1.17 bits per heavy atom. The maximum Gasteiger partial charge on any atom is 0.416 e. The first-order valence-electron chi connectivity index (χ1n) is 9.97. The second kappa shape index (κ2) is 9.80. The summed E-state index contributed by atoms with van der Waals surface area (Å²) < 4.78 is 48.9. The molecule has 0 aromatic heterocycles. The van der Waals surface area contributed by atoms with E-state index >= 15 is 0 Å². The molecule has 29 heavy (non-hydrogen) atoms. The number of alkyl halides is 3. The summed E-state index contributed by atoms with van der Waals surface area (Å²) in [4.78, 5) is 39.1. The quantitative estimate of drug-likeness (QED) is 0.529. The highest BCUT2D eigenvalue weighted by molar-refractivity contribution is 5.96. The number of hydrogen-bond acceptors (Lipinski definition) is 5. The first kappa shape index (κ1) is 25.2. The van der Waals surface area contributed by atoms with Crippen LogP contribution in [0.4, 0.5) is 18.0 Å². The largest absolute Gasteiger partial charge is 0.460 e. The molecule has 2 amide bonds. The highest BCUT2D eigenvalue weighted by atomic mass is 19.4. The summed E-state index contributed by atoms with van der Waals surface area (Å²) >= 11 is 0. The van der Waals surface area contributed by atoms with Gasteiger partial charge in [0.1, 0.15) is 12.2 Å². The van der Waals surface area contributed by atoms with Crippen molar-refractivity contribution in [2.75, 3.05) is 6.61 Å². The molecular weight excluding hydrogens is 391 g/mol. The molecule has 3 atom stereocenters. The second-order valence-corrected chi connectivity index (χ2v) is 8.79. The number of esters is 1. The molecule has 0 aromatic carbocycles. The number of rotatable bonds is 8. The van der Waals surface area contributed by atoms with E-state index in [1.165, 1.54) is 0 Å². The van der Waals surface area contributed by atoms with Gasteiger partial charge in [0.15, 0.2) is 0 Å². The van der Waals surface area contributed by atoms with Gasteiger partial charge >= 0.3 is 18.2 Å². The minimum atomic E-state index is -4.48. The van der Waals surface area contributed by atoms with Crippen LogP contribution in [0.25, 0.3) is 0 Å². The standard InChI is InChI=1S/C20H32F3NO5/c1-7-8-13(16(25)24-15(12(2)3)11-28-18(24)27)14(9-10-20(21,22)23)17(26)29-19(4,5)6/h12-15H,7-11H2,1-6H3/t13-,14-,15-/m1/s1. The van der Waals surface area contributed by atoms with Gasteiger partial charge in [-0.25, -0.2) is 9.69 Å². The molecule has 0 bridgehead atoms. The van der Waals surface area contributed by atoms with Gasteiger partial charge in [0.25, 0.3) is 0 Å². The minimum absolute atomic E-state index is 0.0285. The third-order valence-electron chi connectivity index (χ3n) is 4.76. The average molecular weight is 423 g/mol. The van der Waals surface area contributed by atoms with E-state index in [0.29, 0.717) is 6.42 Å². The summed E-state index contributed by atoms with van der Waals surface area (Å²) in [5, 5.41) is 0. The van der Waals surface area contributed by atoms with E-state index < -0.39 is 60.5 Å². The van der Waals surface area contributed by atoms with Crippen molar-refractivity contribution in [1.29, 1.82) is 0 Å². The molecule has 9 heteroatoms. The van der Waals surface area contributed by atoms with Crippen molar-refractivity contribution < 1.29 is 37.0 Å². The van der Waals surface area contributed by atoms with Crippen molar-refractivity contribution in [2.24, 2.45) is 17.8 Å². The van der Waals surface area contributed by atoms with Crippen molar-refractivity contribution in [3.8, 4) is 0 Å². The van der Waals surface area contributed by atoms with Crippen LogP contribution < -0.4 is 0 Å². The van der Waals surface area contributed by atoms with Crippen LogP contribution in [0.2, 0.25) is 0 Å². The number of hydrogen-bond donors (Lipinski definition) is 0. The molecule has 0 radical (unpaired) electrons. The van der Waals surface area contributed by atoms with Gasteiger partial charge in [-0.3, -0.25) is 9.59 Å². The number of amides is 2. The molecule has 0 unspecified atom stereocenters. The lowest BCUT2D eigenvalue weighted by atomic mass is 9.83. The van der Waals surface area contributed by atoms with Crippen LogP contribution in [0.3, 0.4) is 0 Å². The summed E-state index contributed by atoms with van der Waals surface area (Å²) in [6.07, 6.45) is -6.49. The molecule has 1 rings (SSSR count). The Kier molecular flexibility index (Phi) is 8.53. The summed E-state index contributed by atoms with van der Waals surface area (Å²) in [6.45, 7) is 10.2. The molecule has 0 N–H and O–H groups in total. The van der Waals surface area contributed by atoms with Crippen LogP contribution in [0.15, 0.2) is 0 Å². The molecule has 0 spiro atoms. The van der Waals surface area contributed by atoms with Gasteiger partial charge in [0.2, 0.25) is 5.91 Å². The monoisotopic (exact) mass is 423 g/mol. The average Bonchev–Trinajstić information content (AvgIpc) is 2.92. The number of halogens is 3. The van der Waals surface area contributed by atoms with E-state index in [-0.39, 0.29) is 18.9 Å². The Morgan fingerprint density at radius 2 is 1.76 bits per heavy atom. The molecule has 1 saturated heterocycles. The molecule has 0 aliphatic carbocycles. The van der Waals surface area contributed by atoms with Gasteiger partial charge in [0, 0.05) is 6.42 Å². The van der Waals surface area contributed by atoms with Crippen LogP contribution in [0, 0.1) is 17.8 Å². The van der Waals surface area contributed by atoms with Crippen molar-refractivity contribution in [3.63, 3.8) is 0 Å². The lowest BCUT2D eigenvalue weighted by Crippen LogP contribution is -2.48. The molecule has 1 aliphatic heterocycles. The number of carbonyl (C=O) groups excluding carboxylic acids is 3. The Bertz CT molecular complexity index is 598. The van der Waals surface area contributed by atoms with Gasteiger partial charge < -0.3 is 9.47 Å². The number of carbonyl (C=O) groups is 3. The van der Waals surface area contributed by atoms with Crippen LogP contribution in [-0.4, -0.2) is 47.3 Å². The molecule has 1 fully saturated rings. The summed E-state index contributed by atoms with van der Waals surface area (Å²) in [5.41, 5.74) is -0.916. The lowest BCUT2D eigenvalue weighted by Gasteiger charge is -2.32. The molecule has 168 valence electrons. The Morgan fingerprint density at radius 3 is 2.21 bits per heavy atom. The predicted molar refractivity (Wildman–Crippen MR) is 99.8 cm³/mol. The number of cyclic esters (lactones) is 1. The molecular formula is C20H32F3NO5. The Balaban J connectivity index is 3.23. The van der Waals surface area contributed by atoms with E-state index in [2.05, 4.69) is 0 Å². The van der Waals surface area contributed by atoms with Crippen LogP contribution in [0.1, 0.15) is 67.2 Å². The first-order valence-corrected chi connectivity index (χ1v) is 9.97. The van der Waals surface area contributed by atoms with Crippen LogP contribution >= 0.6 is 0 Å². The lowest BCUT2D eigenvalue weighted by molar-refractivity contribution is -0.169. The third kappa shape index (κ3) is 7.51. The fraction of sp³-hybridized carbons (Fsp3) is 0.850. The van der Waals surface area contributed by atoms with Gasteiger partial charge in [-0.15, -0.1) is 0 Å². The predicted octanol–water partition coefficient (Wildman–Crippen LogP) is 4.71. The second-order valence-electron chi connectivity index (χ2n) is 8.79. The number of nitrogens with zero attached hydrogens (tertiary/aromatic N) is 1. The molecule has 6 nitrogen and oxygen atoms in total. The van der Waals surface area contributed by atoms with Gasteiger partial charge in [0.05, 0.1) is 17.9 Å². The molecule has 0 aromatic rings. The van der Waals surface area contributed by atoms with Crippen molar-refractivity contribution in [2.45, 2.75) is 85.0 Å². The maximum atomic E-state index is 13.2.